The molecule has 0 saturated heterocycles. The number of carbonyl (C=O) groups is 1. The first-order valence-corrected chi connectivity index (χ1v) is 11.2. The van der Waals surface area contributed by atoms with Crippen molar-refractivity contribution in [2.45, 2.75) is 38.1 Å². The van der Waals surface area contributed by atoms with E-state index in [9.17, 15) is 18.0 Å². The Bertz CT molecular complexity index is 1350. The number of amides is 1. The van der Waals surface area contributed by atoms with Gasteiger partial charge < -0.3 is 15.0 Å². The lowest BCUT2D eigenvalue weighted by atomic mass is 9.91. The van der Waals surface area contributed by atoms with Gasteiger partial charge in [0.1, 0.15) is 5.82 Å². The highest BCUT2D eigenvalue weighted by molar-refractivity contribution is 6.13. The van der Waals surface area contributed by atoms with E-state index in [0.29, 0.717) is 35.8 Å². The number of imidazole rings is 1. The molecular formula is C25H24F3N5O. The molecule has 1 aliphatic carbocycles. The van der Waals surface area contributed by atoms with Gasteiger partial charge in [0.15, 0.2) is 23.1 Å². The Labute approximate surface area is 194 Å². The molecule has 2 N–H and O–H groups in total. The highest BCUT2D eigenvalue weighted by Crippen LogP contribution is 2.40. The van der Waals surface area contributed by atoms with Gasteiger partial charge in [-0.25, -0.2) is 18.2 Å². The minimum absolute atomic E-state index is 0.0954. The van der Waals surface area contributed by atoms with E-state index in [1.165, 1.54) is 7.05 Å². The van der Waals surface area contributed by atoms with E-state index in [-0.39, 0.29) is 17.2 Å². The second-order valence-electron chi connectivity index (χ2n) is 8.73. The van der Waals surface area contributed by atoms with Crippen LogP contribution in [0.4, 0.5) is 13.2 Å². The highest BCUT2D eigenvalue weighted by atomic mass is 19.2. The second-order valence-corrected chi connectivity index (χ2v) is 8.73. The van der Waals surface area contributed by atoms with Crippen molar-refractivity contribution in [3.05, 3.63) is 82.3 Å². The van der Waals surface area contributed by atoms with Crippen LogP contribution in [0.3, 0.4) is 0 Å². The van der Waals surface area contributed by atoms with E-state index >= 15 is 0 Å². The van der Waals surface area contributed by atoms with Gasteiger partial charge in [0, 0.05) is 42.5 Å². The predicted octanol–water partition coefficient (Wildman–Crippen LogP) is 4.20. The molecule has 1 atom stereocenters. The number of carbonyl (C=O) groups excluding carboxylic acids is 1. The van der Waals surface area contributed by atoms with Crippen LogP contribution in [-0.2, 0) is 0 Å². The lowest BCUT2D eigenvalue weighted by molar-refractivity contribution is 0.0703. The van der Waals surface area contributed by atoms with E-state index in [1.54, 1.807) is 11.8 Å². The van der Waals surface area contributed by atoms with Crippen molar-refractivity contribution in [2.24, 2.45) is 10.7 Å². The maximum Gasteiger partial charge on any atom is 0.275 e. The zero-order valence-electron chi connectivity index (χ0n) is 18.9. The number of benzene rings is 1. The van der Waals surface area contributed by atoms with Crippen molar-refractivity contribution >= 4 is 17.1 Å². The molecule has 3 heterocycles. The number of aliphatic imine (C=N–C) groups is 1. The van der Waals surface area contributed by atoms with E-state index in [0.717, 1.165) is 36.3 Å². The molecule has 3 aromatic rings. The van der Waals surface area contributed by atoms with Crippen molar-refractivity contribution in [1.82, 2.24) is 14.3 Å². The summed E-state index contributed by atoms with van der Waals surface area (Å²) < 4.78 is 43.1. The first-order valence-electron chi connectivity index (χ1n) is 11.2. The minimum atomic E-state index is -1.53. The van der Waals surface area contributed by atoms with Gasteiger partial charge in [-0.05, 0) is 50.5 Å². The molecule has 34 heavy (non-hydrogen) atoms. The molecule has 2 aliphatic rings. The van der Waals surface area contributed by atoms with Gasteiger partial charge in [0.05, 0.1) is 17.3 Å². The molecule has 1 aliphatic heterocycles. The molecule has 9 heteroatoms. The molecular weight excluding hydrogens is 443 g/mol. The summed E-state index contributed by atoms with van der Waals surface area (Å²) in [5.41, 5.74) is 8.91. The predicted molar refractivity (Wildman–Crippen MR) is 122 cm³/mol. The van der Waals surface area contributed by atoms with Crippen molar-refractivity contribution in [1.29, 1.82) is 0 Å². The van der Waals surface area contributed by atoms with E-state index in [1.807, 2.05) is 28.8 Å². The average Bonchev–Trinajstić information content (AvgIpc) is 3.60. The summed E-state index contributed by atoms with van der Waals surface area (Å²) >= 11 is 0. The first-order chi connectivity index (χ1) is 16.3. The molecule has 1 fully saturated rings. The van der Waals surface area contributed by atoms with Gasteiger partial charge >= 0.3 is 0 Å². The summed E-state index contributed by atoms with van der Waals surface area (Å²) in [5, 5.41) is 0. The third kappa shape index (κ3) is 3.55. The molecule has 1 saturated carbocycles. The van der Waals surface area contributed by atoms with Gasteiger partial charge in [0.25, 0.3) is 5.91 Å². The van der Waals surface area contributed by atoms with Crippen molar-refractivity contribution in [3.8, 4) is 0 Å². The Morgan fingerprint density at radius 3 is 2.53 bits per heavy atom. The number of aromatic nitrogens is 2. The average molecular weight is 467 g/mol. The maximum atomic E-state index is 13.8. The number of nitrogens with two attached hydrogens (primary N) is 1. The van der Waals surface area contributed by atoms with Crippen LogP contribution in [0.5, 0.6) is 0 Å². The van der Waals surface area contributed by atoms with Gasteiger partial charge in [-0.15, -0.1) is 0 Å². The molecule has 0 bridgehead atoms. The Morgan fingerprint density at radius 1 is 1.18 bits per heavy atom. The zero-order chi connectivity index (χ0) is 24.1. The Balaban J connectivity index is 1.48. The monoisotopic (exact) mass is 467 g/mol. The van der Waals surface area contributed by atoms with Crippen LogP contribution in [0.25, 0.3) is 5.52 Å². The van der Waals surface area contributed by atoms with Crippen molar-refractivity contribution in [2.75, 3.05) is 13.6 Å². The standard InChI is InChI=1S/C25H24F3N5O/c1-13-21(29)16(22(30-2)15-11-17(26)20(28)18(27)12-15)8-10-32(13)25(34)23-19-5-3-4-9-33(19)24(31-23)14-6-7-14/h3-5,9,11-14H,6-8,10,29H2,1-2H3/t13-/m0/s1. The summed E-state index contributed by atoms with van der Waals surface area (Å²) in [4.78, 5) is 24.1. The molecule has 0 radical (unpaired) electrons. The summed E-state index contributed by atoms with van der Waals surface area (Å²) in [6.07, 6.45) is 4.37. The molecule has 1 aromatic carbocycles. The van der Waals surface area contributed by atoms with Crippen LogP contribution in [0.15, 0.2) is 52.8 Å². The molecule has 2 aromatic heterocycles. The van der Waals surface area contributed by atoms with Crippen LogP contribution >= 0.6 is 0 Å². The van der Waals surface area contributed by atoms with Crippen LogP contribution in [0.2, 0.25) is 0 Å². The summed E-state index contributed by atoms with van der Waals surface area (Å²) in [6.45, 7) is 2.12. The number of halogens is 3. The van der Waals surface area contributed by atoms with Gasteiger partial charge in [-0.2, -0.15) is 0 Å². The Morgan fingerprint density at radius 2 is 1.88 bits per heavy atom. The molecule has 5 rings (SSSR count). The van der Waals surface area contributed by atoms with E-state index in [2.05, 4.69) is 4.99 Å². The highest BCUT2D eigenvalue weighted by Gasteiger charge is 2.35. The largest absolute Gasteiger partial charge is 0.400 e. The maximum absolute atomic E-state index is 13.8. The van der Waals surface area contributed by atoms with Crippen LogP contribution < -0.4 is 5.73 Å². The molecule has 0 unspecified atom stereocenters. The third-order valence-corrected chi connectivity index (χ3v) is 6.62. The van der Waals surface area contributed by atoms with Gasteiger partial charge in [0.2, 0.25) is 0 Å². The number of fused-ring (bicyclic) bond motifs is 1. The quantitative estimate of drug-likeness (QED) is 0.462. The number of pyridine rings is 1. The first kappa shape index (κ1) is 22.2. The Kier molecular flexibility index (Phi) is 5.42. The molecule has 1 amide bonds. The zero-order valence-corrected chi connectivity index (χ0v) is 18.9. The summed E-state index contributed by atoms with van der Waals surface area (Å²) in [5.74, 6) is -3.09. The van der Waals surface area contributed by atoms with Crippen molar-refractivity contribution in [3.63, 3.8) is 0 Å². The number of hydrogen-bond acceptors (Lipinski definition) is 4. The van der Waals surface area contributed by atoms with Crippen LogP contribution in [0.1, 0.15) is 54.0 Å². The van der Waals surface area contributed by atoms with Crippen molar-refractivity contribution < 1.29 is 18.0 Å². The number of rotatable bonds is 4. The fraction of sp³-hybridized carbons (Fsp3) is 0.320. The minimum Gasteiger partial charge on any atom is -0.400 e. The normalized spacial score (nSPS) is 19.3. The molecule has 176 valence electrons. The lowest BCUT2D eigenvalue weighted by Crippen LogP contribution is -2.46. The van der Waals surface area contributed by atoms with E-state index < -0.39 is 23.5 Å². The van der Waals surface area contributed by atoms with Crippen LogP contribution in [-0.4, -0.2) is 45.5 Å². The fourth-order valence-corrected chi connectivity index (χ4v) is 4.64. The molecule has 0 spiro atoms. The smallest absolute Gasteiger partial charge is 0.275 e. The van der Waals surface area contributed by atoms with Gasteiger partial charge in [-0.3, -0.25) is 9.79 Å². The third-order valence-electron chi connectivity index (χ3n) is 6.62. The summed E-state index contributed by atoms with van der Waals surface area (Å²) in [6, 6.07) is 6.98. The lowest BCUT2D eigenvalue weighted by Gasteiger charge is -2.35. The SMILES string of the molecule is CN=C(C1=C(N)[C@H](C)N(C(=O)c2nc(C3CC3)n3ccccc23)CC1)c1cc(F)c(F)c(F)c1. The fourth-order valence-electron chi connectivity index (χ4n) is 4.64. The number of nitrogens with zero attached hydrogens (tertiary/aromatic N) is 4. The topological polar surface area (TPSA) is 76.0 Å². The van der Waals surface area contributed by atoms with Gasteiger partial charge in [-0.1, -0.05) is 6.07 Å². The second kappa shape index (κ2) is 8.30. The van der Waals surface area contributed by atoms with E-state index in [4.69, 9.17) is 10.7 Å². The van der Waals surface area contributed by atoms with Crippen LogP contribution in [0, 0.1) is 17.5 Å². The number of hydrogen-bond donors (Lipinski definition) is 1. The summed E-state index contributed by atoms with van der Waals surface area (Å²) in [7, 11) is 1.48. The molecule has 6 nitrogen and oxygen atoms in total. The Hall–Kier alpha value is -3.62.